The van der Waals surface area contributed by atoms with Crippen LogP contribution in [0.3, 0.4) is 0 Å². The van der Waals surface area contributed by atoms with Crippen LogP contribution in [-0.2, 0) is 20.8 Å². The van der Waals surface area contributed by atoms with E-state index < -0.39 is 12.0 Å². The van der Waals surface area contributed by atoms with Gasteiger partial charge in [0.2, 0.25) is 0 Å². The highest BCUT2D eigenvalue weighted by atomic mass is 16.4. The number of aldehydes is 2. The van der Waals surface area contributed by atoms with Gasteiger partial charge in [0, 0.05) is 24.5 Å². The number of nitrogens with zero attached hydrogens (tertiary/aromatic N) is 2. The van der Waals surface area contributed by atoms with Crippen molar-refractivity contribution in [1.82, 2.24) is 4.98 Å². The van der Waals surface area contributed by atoms with E-state index in [1.54, 1.807) is 0 Å². The zero-order valence-electron chi connectivity index (χ0n) is 27.8. The Labute approximate surface area is 282 Å². The molecule has 1 fully saturated rings. The highest BCUT2D eigenvalue weighted by Crippen LogP contribution is 2.57. The molecule has 3 aromatic rings. The lowest BCUT2D eigenvalue weighted by molar-refractivity contribution is -0.131. The first-order valence-electron chi connectivity index (χ1n) is 17.2. The van der Waals surface area contributed by atoms with Crippen LogP contribution in [0.1, 0.15) is 86.8 Å². The van der Waals surface area contributed by atoms with Crippen LogP contribution in [-0.4, -0.2) is 53.2 Å². The number of fused-ring (bicyclic) bond motifs is 5. The molecule has 48 heavy (non-hydrogen) atoms. The third-order valence-corrected chi connectivity index (χ3v) is 10.5. The van der Waals surface area contributed by atoms with Crippen LogP contribution in [0.15, 0.2) is 65.3 Å². The molecule has 0 spiro atoms. The second-order valence-electron chi connectivity index (χ2n) is 13.8. The molecular weight excluding hydrogens is 604 g/mol. The Morgan fingerprint density at radius 1 is 1.08 bits per heavy atom. The minimum atomic E-state index is -1.06. The molecule has 5 rings (SSSR count). The average Bonchev–Trinajstić information content (AvgIpc) is 3.59. The number of aliphatic imine (C=N–C) groups is 1. The first-order valence-corrected chi connectivity index (χ1v) is 17.2. The minimum Gasteiger partial charge on any atom is -0.478 e. The van der Waals surface area contributed by atoms with Gasteiger partial charge in [-0.05, 0) is 108 Å². The van der Waals surface area contributed by atoms with Crippen molar-refractivity contribution >= 4 is 41.1 Å². The molecule has 10 heteroatoms. The number of carboxylic acids is 1. The molecule has 10 nitrogen and oxygen atoms in total. The molecule has 2 aromatic carbocycles. The van der Waals surface area contributed by atoms with E-state index in [0.717, 1.165) is 74.9 Å². The zero-order valence-corrected chi connectivity index (χ0v) is 27.8. The van der Waals surface area contributed by atoms with Crippen molar-refractivity contribution in [2.75, 3.05) is 6.54 Å². The fourth-order valence-electron chi connectivity index (χ4n) is 8.11. The maximum Gasteiger partial charge on any atom is 0.328 e. The summed E-state index contributed by atoms with van der Waals surface area (Å²) in [5, 5.41) is 17.3. The Bertz CT molecular complexity index is 1630. The number of carbonyl (C=O) groups is 3. The Balaban J connectivity index is 1.53. The lowest BCUT2D eigenvalue weighted by atomic mass is 9.57. The smallest absolute Gasteiger partial charge is 0.328 e. The number of benzene rings is 2. The van der Waals surface area contributed by atoms with E-state index >= 15 is 0 Å². The van der Waals surface area contributed by atoms with Gasteiger partial charge in [-0.1, -0.05) is 67.8 Å². The first-order chi connectivity index (χ1) is 23.2. The third-order valence-electron chi connectivity index (χ3n) is 10.5. The van der Waals surface area contributed by atoms with Crippen molar-refractivity contribution in [3.63, 3.8) is 0 Å². The fourth-order valence-corrected chi connectivity index (χ4v) is 8.11. The standard InChI is InChI=1S/C38H49N6O4/c1-23(22-46)7-11-29(39)4-2-5-30-33-18-26(32-17-25-9-8-24(13-15-45)16-27(25)19-34(30)32)10-12-31(33)37(44-35-6-3-14-42-35)28(20-36(47)48)21-43-38(40)41/h3,6,8-9,14-17,19-20,22-23,26,29-31,33,37,42H,2,4-5,7,10-13,18,21,39H2,1H3,(H,47,48)(H4,40,41,43)/q-1/b28-20+/t23-,26+,29+,30+,31+,33-,37-/m0/s1. The summed E-state index contributed by atoms with van der Waals surface area (Å²) >= 11 is 0. The lowest BCUT2D eigenvalue weighted by Gasteiger charge is -2.51. The van der Waals surface area contributed by atoms with Crippen molar-refractivity contribution in [3.8, 4) is 0 Å². The molecule has 2 bridgehead atoms. The van der Waals surface area contributed by atoms with Gasteiger partial charge in [0.05, 0.1) is 6.54 Å². The number of hydrogen-bond acceptors (Lipinski definition) is 5. The lowest BCUT2D eigenvalue weighted by Crippen LogP contribution is -2.40. The molecule has 1 aromatic heterocycles. The summed E-state index contributed by atoms with van der Waals surface area (Å²) in [6, 6.07) is 14.3. The summed E-state index contributed by atoms with van der Waals surface area (Å²) in [5.41, 5.74) is 22.3. The van der Waals surface area contributed by atoms with Gasteiger partial charge in [-0.2, -0.15) is 0 Å². The number of aromatic amines is 1. The van der Waals surface area contributed by atoms with Crippen LogP contribution in [0.5, 0.6) is 0 Å². The Kier molecular flexibility index (Phi) is 11.7. The topological polar surface area (TPSA) is 192 Å². The summed E-state index contributed by atoms with van der Waals surface area (Å²) in [7, 11) is 0. The van der Waals surface area contributed by atoms with Gasteiger partial charge in [-0.3, -0.25) is 0 Å². The highest BCUT2D eigenvalue weighted by molar-refractivity contribution is 5.86. The predicted octanol–water partition coefficient (Wildman–Crippen LogP) is 5.98. The number of aromatic nitrogens is 1. The van der Waals surface area contributed by atoms with Crippen molar-refractivity contribution < 1.29 is 19.5 Å². The van der Waals surface area contributed by atoms with Gasteiger partial charge in [0.15, 0.2) is 5.96 Å². The molecule has 0 saturated heterocycles. The third kappa shape index (κ3) is 8.52. The molecule has 1 heterocycles. The van der Waals surface area contributed by atoms with Crippen LogP contribution in [0.4, 0.5) is 5.82 Å². The average molecular weight is 654 g/mol. The van der Waals surface area contributed by atoms with Crippen LogP contribution < -0.4 is 17.2 Å². The van der Waals surface area contributed by atoms with Gasteiger partial charge in [-0.15, -0.1) is 0 Å². The highest BCUT2D eigenvalue weighted by Gasteiger charge is 2.44. The maximum atomic E-state index is 12.1. The SMILES string of the molecule is C[C@H](C=O)CC[C@H](N)CCC[C@H]1c2cc3cc(CC=O)ccc3cc2[C@@H]2CC[C@@H]([C@@H]([N-]c3ccc[nH]3)/C(=C/C(=O)O)CN=C(N)N)[C@H]1C2. The number of hydrogen-bond donors (Lipinski definition) is 5. The maximum absolute atomic E-state index is 12.1. The minimum absolute atomic E-state index is 0.00551. The number of nitrogens with one attached hydrogen (secondary N) is 1. The summed E-state index contributed by atoms with van der Waals surface area (Å²) < 4.78 is 0. The van der Waals surface area contributed by atoms with E-state index in [9.17, 15) is 19.5 Å². The fraction of sp³-hybridized carbons (Fsp3) is 0.474. The largest absolute Gasteiger partial charge is 0.478 e. The molecule has 7 atom stereocenters. The molecule has 2 aliphatic carbocycles. The predicted molar refractivity (Wildman–Crippen MR) is 190 cm³/mol. The van der Waals surface area contributed by atoms with Crippen molar-refractivity contribution in [2.45, 2.75) is 88.6 Å². The first kappa shape index (κ1) is 34.9. The van der Waals surface area contributed by atoms with Gasteiger partial charge in [0.1, 0.15) is 12.6 Å². The van der Waals surface area contributed by atoms with E-state index in [2.05, 4.69) is 34.2 Å². The number of guanidine groups is 1. The second kappa shape index (κ2) is 16.1. The van der Waals surface area contributed by atoms with Gasteiger partial charge in [0.25, 0.3) is 0 Å². The Morgan fingerprint density at radius 3 is 2.60 bits per heavy atom. The van der Waals surface area contributed by atoms with E-state index in [-0.39, 0.29) is 42.2 Å². The van der Waals surface area contributed by atoms with E-state index in [4.69, 9.17) is 22.5 Å². The summed E-state index contributed by atoms with van der Waals surface area (Å²) in [6.07, 6.45) is 12.5. The van der Waals surface area contributed by atoms with Crippen molar-refractivity contribution in [2.24, 2.45) is 39.9 Å². The Hall–Kier alpha value is -4.44. The van der Waals surface area contributed by atoms with Crippen LogP contribution >= 0.6 is 0 Å². The number of carbonyl (C=O) groups excluding carboxylic acids is 2. The molecule has 0 amide bonds. The van der Waals surface area contributed by atoms with E-state index in [1.807, 2.05) is 31.3 Å². The zero-order chi connectivity index (χ0) is 34.2. The number of aliphatic carboxylic acids is 1. The van der Waals surface area contributed by atoms with Crippen LogP contribution in [0.25, 0.3) is 16.1 Å². The van der Waals surface area contributed by atoms with Crippen molar-refractivity contribution in [1.29, 1.82) is 0 Å². The molecule has 0 radical (unpaired) electrons. The normalized spacial score (nSPS) is 22.2. The second-order valence-corrected chi connectivity index (χ2v) is 13.8. The summed E-state index contributed by atoms with van der Waals surface area (Å²) in [6.45, 7) is 1.98. The number of nitrogens with two attached hydrogens (primary N) is 3. The van der Waals surface area contributed by atoms with Crippen LogP contribution in [0.2, 0.25) is 0 Å². The monoisotopic (exact) mass is 653 g/mol. The van der Waals surface area contributed by atoms with Gasteiger partial charge < -0.3 is 42.2 Å². The molecule has 0 aliphatic heterocycles. The molecule has 0 unspecified atom stereocenters. The molecule has 256 valence electrons. The quantitative estimate of drug-likeness (QED) is 0.0512. The summed E-state index contributed by atoms with van der Waals surface area (Å²) in [5.74, 6) is 0.415. The molecule has 8 N–H and O–H groups in total. The number of H-pyrrole nitrogens is 1. The number of carboxylic acid groups (broad SMARTS) is 1. The molecular formula is C38H49N6O4-. The van der Waals surface area contributed by atoms with E-state index in [0.29, 0.717) is 23.7 Å². The van der Waals surface area contributed by atoms with Gasteiger partial charge in [-0.25, -0.2) is 9.79 Å². The molecule has 2 aliphatic rings. The summed E-state index contributed by atoms with van der Waals surface area (Å²) in [4.78, 5) is 42.0. The van der Waals surface area contributed by atoms with Crippen molar-refractivity contribution in [3.05, 3.63) is 82.3 Å². The number of rotatable bonds is 17. The molecule has 1 saturated carbocycles. The van der Waals surface area contributed by atoms with Gasteiger partial charge >= 0.3 is 5.97 Å². The van der Waals surface area contributed by atoms with Crippen LogP contribution in [0, 0.1) is 17.8 Å². The Morgan fingerprint density at radius 2 is 1.90 bits per heavy atom. The van der Waals surface area contributed by atoms with E-state index in [1.165, 1.54) is 22.6 Å².